The van der Waals surface area contributed by atoms with Gasteiger partial charge < -0.3 is 15.4 Å². The van der Waals surface area contributed by atoms with Crippen molar-refractivity contribution in [1.29, 1.82) is 0 Å². The number of anilines is 1. The highest BCUT2D eigenvalue weighted by molar-refractivity contribution is 6.31. The number of carbonyl (C=O) groups excluding carboxylic acids is 1. The predicted molar refractivity (Wildman–Crippen MR) is 92.4 cm³/mol. The summed E-state index contributed by atoms with van der Waals surface area (Å²) in [6.07, 6.45) is 2.27. The molecule has 124 valence electrons. The summed E-state index contributed by atoms with van der Waals surface area (Å²) in [5, 5.41) is 6.71. The van der Waals surface area contributed by atoms with Crippen LogP contribution in [0.25, 0.3) is 0 Å². The molecule has 0 bridgehead atoms. The molecule has 1 fully saturated rings. The van der Waals surface area contributed by atoms with Crippen LogP contribution >= 0.6 is 24.0 Å². The number of benzene rings is 1. The average molecular weight is 348 g/mol. The second kappa shape index (κ2) is 9.20. The average Bonchev–Trinajstić information content (AvgIpc) is 2.47. The van der Waals surface area contributed by atoms with Gasteiger partial charge in [0.2, 0.25) is 5.91 Å². The van der Waals surface area contributed by atoms with Crippen LogP contribution in [0.4, 0.5) is 5.69 Å². The van der Waals surface area contributed by atoms with Gasteiger partial charge >= 0.3 is 0 Å². The number of halogens is 2. The maximum absolute atomic E-state index is 12.2. The van der Waals surface area contributed by atoms with Crippen LogP contribution in [0.5, 0.6) is 5.75 Å². The number of rotatable bonds is 5. The molecule has 0 aromatic heterocycles. The molecular weight excluding hydrogens is 325 g/mol. The van der Waals surface area contributed by atoms with Crippen LogP contribution in [0.1, 0.15) is 12.8 Å². The van der Waals surface area contributed by atoms with Gasteiger partial charge in [-0.2, -0.15) is 0 Å². The number of amides is 1. The largest absolute Gasteiger partial charge is 0.495 e. The Balaban J connectivity index is 0.00000242. The minimum atomic E-state index is -0.0488. The SMILES string of the molecule is CNC1CCCN(CC(=O)Nc2cc(Cl)ccc2OC)C1.Cl. The molecule has 2 rings (SSSR count). The molecule has 1 unspecified atom stereocenters. The highest BCUT2D eigenvalue weighted by atomic mass is 35.5. The Hall–Kier alpha value is -1.01. The summed E-state index contributed by atoms with van der Waals surface area (Å²) in [6, 6.07) is 5.64. The highest BCUT2D eigenvalue weighted by Crippen LogP contribution is 2.27. The fourth-order valence-electron chi connectivity index (χ4n) is 2.61. The zero-order valence-corrected chi connectivity index (χ0v) is 14.5. The first-order valence-electron chi connectivity index (χ1n) is 7.15. The van der Waals surface area contributed by atoms with Crippen LogP contribution in [0.3, 0.4) is 0 Å². The molecule has 0 spiro atoms. The van der Waals surface area contributed by atoms with E-state index in [1.165, 1.54) is 0 Å². The van der Waals surface area contributed by atoms with E-state index >= 15 is 0 Å². The maximum Gasteiger partial charge on any atom is 0.238 e. The number of carbonyl (C=O) groups is 1. The number of hydrogen-bond acceptors (Lipinski definition) is 4. The second-order valence-electron chi connectivity index (χ2n) is 5.26. The van der Waals surface area contributed by atoms with Crippen molar-refractivity contribution in [1.82, 2.24) is 10.2 Å². The zero-order valence-electron chi connectivity index (χ0n) is 12.9. The fourth-order valence-corrected chi connectivity index (χ4v) is 2.78. The highest BCUT2D eigenvalue weighted by Gasteiger charge is 2.20. The van der Waals surface area contributed by atoms with E-state index in [0.717, 1.165) is 25.9 Å². The number of likely N-dealkylation sites (N-methyl/N-ethyl adjacent to an activating group) is 1. The topological polar surface area (TPSA) is 53.6 Å². The quantitative estimate of drug-likeness (QED) is 0.858. The van der Waals surface area contributed by atoms with Crippen LogP contribution in [0.2, 0.25) is 5.02 Å². The minimum Gasteiger partial charge on any atom is -0.495 e. The summed E-state index contributed by atoms with van der Waals surface area (Å²) in [5.74, 6) is 0.562. The van der Waals surface area contributed by atoms with Crippen molar-refractivity contribution < 1.29 is 9.53 Å². The Morgan fingerprint density at radius 2 is 2.27 bits per heavy atom. The molecule has 0 aliphatic carbocycles. The third-order valence-electron chi connectivity index (χ3n) is 3.72. The third kappa shape index (κ3) is 5.32. The normalized spacial score (nSPS) is 18.4. The summed E-state index contributed by atoms with van der Waals surface area (Å²) in [6.45, 7) is 2.24. The molecule has 1 atom stereocenters. The lowest BCUT2D eigenvalue weighted by atomic mass is 10.1. The molecule has 1 amide bonds. The lowest BCUT2D eigenvalue weighted by molar-refractivity contribution is -0.117. The zero-order chi connectivity index (χ0) is 15.2. The molecule has 2 N–H and O–H groups in total. The van der Waals surface area contributed by atoms with Crippen LogP contribution < -0.4 is 15.4 Å². The van der Waals surface area contributed by atoms with Crippen LogP contribution in [-0.4, -0.2) is 50.6 Å². The summed E-state index contributed by atoms with van der Waals surface area (Å²) in [4.78, 5) is 14.3. The fraction of sp³-hybridized carbons (Fsp3) is 0.533. The molecule has 1 aliphatic heterocycles. The lowest BCUT2D eigenvalue weighted by Gasteiger charge is -2.31. The lowest BCUT2D eigenvalue weighted by Crippen LogP contribution is -2.46. The minimum absolute atomic E-state index is 0. The van der Waals surface area contributed by atoms with Gasteiger partial charge in [-0.05, 0) is 44.6 Å². The Kier molecular flexibility index (Phi) is 7.96. The van der Waals surface area contributed by atoms with Gasteiger partial charge in [0.05, 0.1) is 19.3 Å². The number of likely N-dealkylation sites (tertiary alicyclic amines) is 1. The summed E-state index contributed by atoms with van der Waals surface area (Å²) >= 11 is 5.96. The van der Waals surface area contributed by atoms with E-state index in [4.69, 9.17) is 16.3 Å². The number of nitrogens with one attached hydrogen (secondary N) is 2. The van der Waals surface area contributed by atoms with Crippen molar-refractivity contribution in [3.8, 4) is 5.75 Å². The van der Waals surface area contributed by atoms with E-state index in [1.54, 1.807) is 25.3 Å². The van der Waals surface area contributed by atoms with E-state index in [1.807, 2.05) is 7.05 Å². The molecule has 0 radical (unpaired) electrons. The van der Waals surface area contributed by atoms with E-state index in [-0.39, 0.29) is 18.3 Å². The van der Waals surface area contributed by atoms with Crippen molar-refractivity contribution in [3.05, 3.63) is 23.2 Å². The van der Waals surface area contributed by atoms with Crippen molar-refractivity contribution in [2.45, 2.75) is 18.9 Å². The molecule has 5 nitrogen and oxygen atoms in total. The Morgan fingerprint density at radius 1 is 1.50 bits per heavy atom. The van der Waals surface area contributed by atoms with Gasteiger partial charge in [0, 0.05) is 17.6 Å². The van der Waals surface area contributed by atoms with E-state index in [0.29, 0.717) is 29.0 Å². The van der Waals surface area contributed by atoms with Gasteiger partial charge in [0.1, 0.15) is 5.75 Å². The second-order valence-corrected chi connectivity index (χ2v) is 5.69. The van der Waals surface area contributed by atoms with Crippen molar-refractivity contribution in [2.75, 3.05) is 39.1 Å². The van der Waals surface area contributed by atoms with Gasteiger partial charge in [0.15, 0.2) is 0 Å². The summed E-state index contributed by atoms with van der Waals surface area (Å²) < 4.78 is 5.23. The van der Waals surface area contributed by atoms with E-state index < -0.39 is 0 Å². The molecule has 1 aromatic carbocycles. The molecular formula is C15H23Cl2N3O2. The molecule has 7 heteroatoms. The smallest absolute Gasteiger partial charge is 0.238 e. The first-order valence-corrected chi connectivity index (χ1v) is 7.53. The number of ether oxygens (including phenoxy) is 1. The predicted octanol–water partition coefficient (Wildman–Crippen LogP) is 2.39. The van der Waals surface area contributed by atoms with Gasteiger partial charge in [-0.3, -0.25) is 9.69 Å². The van der Waals surface area contributed by atoms with Crippen molar-refractivity contribution >= 4 is 35.6 Å². The van der Waals surface area contributed by atoms with E-state index in [2.05, 4.69) is 15.5 Å². The number of hydrogen-bond donors (Lipinski definition) is 2. The number of nitrogens with zero attached hydrogens (tertiary/aromatic N) is 1. The maximum atomic E-state index is 12.2. The summed E-state index contributed by atoms with van der Waals surface area (Å²) in [7, 11) is 3.53. The first kappa shape index (κ1) is 19.0. The van der Waals surface area contributed by atoms with Crippen LogP contribution in [-0.2, 0) is 4.79 Å². The van der Waals surface area contributed by atoms with Gasteiger partial charge in [0.25, 0.3) is 0 Å². The van der Waals surface area contributed by atoms with Crippen LogP contribution in [0, 0.1) is 0 Å². The summed E-state index contributed by atoms with van der Waals surface area (Å²) in [5.41, 5.74) is 0.608. The monoisotopic (exact) mass is 347 g/mol. The Labute approximate surface area is 142 Å². The Bertz CT molecular complexity index is 500. The number of piperidine rings is 1. The molecule has 0 saturated carbocycles. The molecule has 1 heterocycles. The van der Waals surface area contributed by atoms with Gasteiger partial charge in [-0.1, -0.05) is 11.6 Å². The third-order valence-corrected chi connectivity index (χ3v) is 3.95. The Morgan fingerprint density at radius 3 is 2.95 bits per heavy atom. The number of methoxy groups -OCH3 is 1. The van der Waals surface area contributed by atoms with Gasteiger partial charge in [-0.15, -0.1) is 12.4 Å². The van der Waals surface area contributed by atoms with Crippen LogP contribution in [0.15, 0.2) is 18.2 Å². The molecule has 1 saturated heterocycles. The van der Waals surface area contributed by atoms with Crippen molar-refractivity contribution in [3.63, 3.8) is 0 Å². The first-order chi connectivity index (χ1) is 10.1. The van der Waals surface area contributed by atoms with E-state index in [9.17, 15) is 4.79 Å². The molecule has 1 aromatic rings. The van der Waals surface area contributed by atoms with Crippen molar-refractivity contribution in [2.24, 2.45) is 0 Å². The standard InChI is InChI=1S/C15H22ClN3O2.ClH/c1-17-12-4-3-7-19(9-12)10-15(20)18-13-8-11(16)5-6-14(13)21-2;/h5-6,8,12,17H,3-4,7,9-10H2,1-2H3,(H,18,20);1H. The van der Waals surface area contributed by atoms with Gasteiger partial charge in [-0.25, -0.2) is 0 Å². The molecule has 22 heavy (non-hydrogen) atoms. The molecule has 1 aliphatic rings.